The molecule has 9 heteroatoms. The standard InChI is InChI=1S/C20H20F3N5O/c1-13-17(14(2)28(27-13)18-5-3-4-11-24-18)10-12-25-19(29)26-16-8-6-15(7-9-16)20(21,22)23/h3-9,11H,10,12H2,1-2H3,(H2,25,26,29). The van der Waals surface area contributed by atoms with Crippen molar-refractivity contribution in [3.63, 3.8) is 0 Å². The molecule has 0 radical (unpaired) electrons. The summed E-state index contributed by atoms with van der Waals surface area (Å²) in [4.78, 5) is 16.3. The number of aromatic nitrogens is 3. The molecular formula is C20H20F3N5O. The van der Waals surface area contributed by atoms with E-state index in [0.717, 1.165) is 29.1 Å². The van der Waals surface area contributed by atoms with Crippen molar-refractivity contribution >= 4 is 11.7 Å². The summed E-state index contributed by atoms with van der Waals surface area (Å²) < 4.78 is 39.5. The third kappa shape index (κ3) is 4.92. The predicted octanol–water partition coefficient (Wildman–Crippen LogP) is 4.27. The van der Waals surface area contributed by atoms with Crippen molar-refractivity contribution in [1.29, 1.82) is 0 Å². The summed E-state index contributed by atoms with van der Waals surface area (Å²) in [6.45, 7) is 4.18. The lowest BCUT2D eigenvalue weighted by atomic mass is 10.1. The number of alkyl halides is 3. The number of hydrogen-bond donors (Lipinski definition) is 2. The molecule has 0 saturated heterocycles. The van der Waals surface area contributed by atoms with Crippen molar-refractivity contribution in [2.75, 3.05) is 11.9 Å². The van der Waals surface area contributed by atoms with E-state index in [0.29, 0.717) is 18.8 Å². The first-order valence-corrected chi connectivity index (χ1v) is 8.94. The number of nitrogens with one attached hydrogen (secondary N) is 2. The van der Waals surface area contributed by atoms with Gasteiger partial charge in [0, 0.05) is 24.1 Å². The second-order valence-corrected chi connectivity index (χ2v) is 6.46. The molecule has 0 aliphatic carbocycles. The molecule has 0 unspecified atom stereocenters. The van der Waals surface area contributed by atoms with Gasteiger partial charge < -0.3 is 10.6 Å². The Morgan fingerprint density at radius 3 is 2.45 bits per heavy atom. The normalized spacial score (nSPS) is 11.3. The Morgan fingerprint density at radius 1 is 1.10 bits per heavy atom. The zero-order valence-corrected chi connectivity index (χ0v) is 15.9. The summed E-state index contributed by atoms with van der Waals surface area (Å²) in [5.41, 5.74) is 2.31. The minimum Gasteiger partial charge on any atom is -0.338 e. The number of carbonyl (C=O) groups excluding carboxylic acids is 1. The van der Waals surface area contributed by atoms with Crippen LogP contribution in [0.1, 0.15) is 22.5 Å². The van der Waals surface area contributed by atoms with Crippen LogP contribution in [0.5, 0.6) is 0 Å². The van der Waals surface area contributed by atoms with Gasteiger partial charge in [0.05, 0.1) is 11.3 Å². The monoisotopic (exact) mass is 403 g/mol. The van der Waals surface area contributed by atoms with Crippen molar-refractivity contribution in [3.05, 3.63) is 71.2 Å². The van der Waals surface area contributed by atoms with E-state index in [-0.39, 0.29) is 5.69 Å². The van der Waals surface area contributed by atoms with Gasteiger partial charge >= 0.3 is 12.2 Å². The number of hydrogen-bond acceptors (Lipinski definition) is 3. The van der Waals surface area contributed by atoms with E-state index in [1.54, 1.807) is 10.9 Å². The number of rotatable bonds is 5. The van der Waals surface area contributed by atoms with Crippen LogP contribution in [0.3, 0.4) is 0 Å². The maximum Gasteiger partial charge on any atom is 0.416 e. The van der Waals surface area contributed by atoms with E-state index in [1.807, 2.05) is 32.0 Å². The topological polar surface area (TPSA) is 71.8 Å². The maximum atomic E-state index is 12.6. The first-order chi connectivity index (χ1) is 13.8. The van der Waals surface area contributed by atoms with Gasteiger partial charge in [-0.2, -0.15) is 18.3 Å². The van der Waals surface area contributed by atoms with Gasteiger partial charge in [0.25, 0.3) is 0 Å². The molecular weight excluding hydrogens is 383 g/mol. The van der Waals surface area contributed by atoms with Crippen LogP contribution in [0.15, 0.2) is 48.7 Å². The average molecular weight is 403 g/mol. The summed E-state index contributed by atoms with van der Waals surface area (Å²) in [6, 6.07) is 9.36. The van der Waals surface area contributed by atoms with E-state index >= 15 is 0 Å². The number of nitrogens with zero attached hydrogens (tertiary/aromatic N) is 3. The molecule has 0 atom stereocenters. The van der Waals surface area contributed by atoms with Gasteiger partial charge in [-0.1, -0.05) is 6.07 Å². The molecule has 2 heterocycles. The number of anilines is 1. The fourth-order valence-corrected chi connectivity index (χ4v) is 2.96. The summed E-state index contributed by atoms with van der Waals surface area (Å²) in [6.07, 6.45) is -2.15. The van der Waals surface area contributed by atoms with E-state index in [4.69, 9.17) is 0 Å². The third-order valence-corrected chi connectivity index (χ3v) is 4.44. The van der Waals surface area contributed by atoms with Gasteiger partial charge in [-0.15, -0.1) is 0 Å². The summed E-state index contributed by atoms with van der Waals surface area (Å²) in [5.74, 6) is 0.715. The zero-order valence-electron chi connectivity index (χ0n) is 15.9. The first-order valence-electron chi connectivity index (χ1n) is 8.94. The summed E-state index contributed by atoms with van der Waals surface area (Å²) in [7, 11) is 0. The summed E-state index contributed by atoms with van der Waals surface area (Å²) >= 11 is 0. The van der Waals surface area contributed by atoms with E-state index in [9.17, 15) is 18.0 Å². The minimum absolute atomic E-state index is 0.283. The molecule has 2 amide bonds. The minimum atomic E-state index is -4.41. The molecule has 2 N–H and O–H groups in total. The highest BCUT2D eigenvalue weighted by Gasteiger charge is 2.29. The Bertz CT molecular complexity index is 982. The molecule has 1 aromatic carbocycles. The molecule has 2 aromatic heterocycles. The molecule has 0 aliphatic heterocycles. The second kappa shape index (κ2) is 8.34. The van der Waals surface area contributed by atoms with Crippen LogP contribution < -0.4 is 10.6 Å². The highest BCUT2D eigenvalue weighted by atomic mass is 19.4. The Hall–Kier alpha value is -3.36. The highest BCUT2D eigenvalue weighted by molar-refractivity contribution is 5.89. The zero-order chi connectivity index (χ0) is 21.0. The molecule has 6 nitrogen and oxygen atoms in total. The fourth-order valence-electron chi connectivity index (χ4n) is 2.96. The van der Waals surface area contributed by atoms with Gasteiger partial charge in [0.15, 0.2) is 5.82 Å². The van der Waals surface area contributed by atoms with Crippen LogP contribution in [0, 0.1) is 13.8 Å². The smallest absolute Gasteiger partial charge is 0.338 e. The maximum absolute atomic E-state index is 12.6. The Morgan fingerprint density at radius 2 is 1.83 bits per heavy atom. The van der Waals surface area contributed by atoms with Crippen LogP contribution in [0.2, 0.25) is 0 Å². The van der Waals surface area contributed by atoms with E-state index < -0.39 is 17.8 Å². The SMILES string of the molecule is Cc1nn(-c2ccccn2)c(C)c1CCNC(=O)Nc1ccc(C(F)(F)F)cc1. The van der Waals surface area contributed by atoms with Gasteiger partial charge in [0.2, 0.25) is 0 Å². The molecule has 0 spiro atoms. The van der Waals surface area contributed by atoms with Crippen molar-refractivity contribution in [3.8, 4) is 5.82 Å². The number of carbonyl (C=O) groups is 1. The molecule has 3 rings (SSSR count). The fraction of sp³-hybridized carbons (Fsp3) is 0.250. The summed E-state index contributed by atoms with van der Waals surface area (Å²) in [5, 5.41) is 9.73. The van der Waals surface area contributed by atoms with Crippen molar-refractivity contribution in [2.45, 2.75) is 26.4 Å². The first kappa shape index (κ1) is 20.4. The molecule has 0 saturated carbocycles. The largest absolute Gasteiger partial charge is 0.416 e. The van der Waals surface area contributed by atoms with Crippen molar-refractivity contribution < 1.29 is 18.0 Å². The molecule has 0 aliphatic rings. The number of aryl methyl sites for hydroxylation is 1. The van der Waals surface area contributed by atoms with Gasteiger partial charge in [-0.05, 0) is 62.2 Å². The molecule has 3 aromatic rings. The molecule has 152 valence electrons. The molecule has 0 bridgehead atoms. The third-order valence-electron chi connectivity index (χ3n) is 4.44. The Kier molecular flexibility index (Phi) is 5.86. The van der Waals surface area contributed by atoms with Crippen LogP contribution in [0.25, 0.3) is 5.82 Å². The average Bonchev–Trinajstić information content (AvgIpc) is 2.96. The van der Waals surface area contributed by atoms with Crippen molar-refractivity contribution in [1.82, 2.24) is 20.1 Å². The number of halogens is 3. The number of urea groups is 1. The molecule has 29 heavy (non-hydrogen) atoms. The predicted molar refractivity (Wildman–Crippen MR) is 103 cm³/mol. The van der Waals surface area contributed by atoms with E-state index in [2.05, 4.69) is 20.7 Å². The van der Waals surface area contributed by atoms with Crippen molar-refractivity contribution in [2.24, 2.45) is 0 Å². The Balaban J connectivity index is 1.56. The quantitative estimate of drug-likeness (QED) is 0.668. The number of benzene rings is 1. The van der Waals surface area contributed by atoms with Crippen LogP contribution in [-0.2, 0) is 12.6 Å². The lowest BCUT2D eigenvalue weighted by molar-refractivity contribution is -0.137. The van der Waals surface area contributed by atoms with Crippen LogP contribution in [0.4, 0.5) is 23.7 Å². The van der Waals surface area contributed by atoms with Gasteiger partial charge in [-0.3, -0.25) is 0 Å². The number of pyridine rings is 1. The van der Waals surface area contributed by atoms with Gasteiger partial charge in [-0.25, -0.2) is 14.5 Å². The van der Waals surface area contributed by atoms with E-state index in [1.165, 1.54) is 12.1 Å². The number of amides is 2. The van der Waals surface area contributed by atoms with Gasteiger partial charge in [0.1, 0.15) is 0 Å². The molecule has 0 fully saturated rings. The lowest BCUT2D eigenvalue weighted by Crippen LogP contribution is -2.30. The van der Waals surface area contributed by atoms with Crippen LogP contribution >= 0.6 is 0 Å². The highest BCUT2D eigenvalue weighted by Crippen LogP contribution is 2.29. The lowest BCUT2D eigenvalue weighted by Gasteiger charge is -2.10. The second-order valence-electron chi connectivity index (χ2n) is 6.46. The Labute approximate surface area is 165 Å². The van der Waals surface area contributed by atoms with Crippen LogP contribution in [-0.4, -0.2) is 27.3 Å².